The van der Waals surface area contributed by atoms with Crippen LogP contribution in [-0.2, 0) is 0 Å². The van der Waals surface area contributed by atoms with Crippen molar-refractivity contribution in [2.75, 3.05) is 0 Å². The fourth-order valence-electron chi connectivity index (χ4n) is 3.31. The first-order valence-electron chi connectivity index (χ1n) is 8.68. The number of benzene rings is 3. The maximum atomic E-state index is 4.84. The van der Waals surface area contributed by atoms with Crippen LogP contribution in [0.15, 0.2) is 97.2 Å². The quantitative estimate of drug-likeness (QED) is 0.364. The van der Waals surface area contributed by atoms with Gasteiger partial charge in [0.1, 0.15) is 0 Å². The minimum Gasteiger partial charge on any atom is -0.256 e. The molecule has 0 bridgehead atoms. The van der Waals surface area contributed by atoms with Crippen LogP contribution < -0.4 is 0 Å². The Bertz CT molecular complexity index is 1110. The Hall–Kier alpha value is -3.52. The van der Waals surface area contributed by atoms with Gasteiger partial charge in [-0.2, -0.15) is 0 Å². The van der Waals surface area contributed by atoms with E-state index in [-0.39, 0.29) is 0 Å². The van der Waals surface area contributed by atoms with Gasteiger partial charge in [0.2, 0.25) is 0 Å². The first kappa shape index (κ1) is 14.8. The fraction of sp³-hybridized carbons (Fsp3) is 0. The maximum absolute atomic E-state index is 4.84. The molecule has 0 amide bonds. The number of pyridine rings is 2. The number of fused-ring (bicyclic) bond motifs is 2. The molecule has 5 aromatic rings. The summed E-state index contributed by atoms with van der Waals surface area (Å²) in [5, 5.41) is 2.26. The summed E-state index contributed by atoms with van der Waals surface area (Å²) in [6.07, 6.45) is 1.94. The van der Waals surface area contributed by atoms with Crippen LogP contribution in [0, 0.1) is 0 Å². The van der Waals surface area contributed by atoms with Crippen LogP contribution in [0.3, 0.4) is 0 Å². The third-order valence-electron chi connectivity index (χ3n) is 4.67. The maximum Gasteiger partial charge on any atom is 0.0731 e. The van der Waals surface area contributed by atoms with E-state index in [1.807, 2.05) is 30.5 Å². The molecule has 3 aromatic carbocycles. The van der Waals surface area contributed by atoms with E-state index < -0.39 is 0 Å². The Kier molecular flexibility index (Phi) is 3.46. The Balaban J connectivity index is 1.65. The molecular formula is C24H16N2. The van der Waals surface area contributed by atoms with Crippen molar-refractivity contribution < 1.29 is 0 Å². The van der Waals surface area contributed by atoms with Crippen LogP contribution in [0.25, 0.3) is 44.2 Å². The molecule has 2 heterocycles. The van der Waals surface area contributed by atoms with Gasteiger partial charge in [0.15, 0.2) is 0 Å². The number of aromatic nitrogens is 2. The van der Waals surface area contributed by atoms with Gasteiger partial charge in [-0.15, -0.1) is 0 Å². The second-order valence-electron chi connectivity index (χ2n) is 6.39. The average Bonchev–Trinajstić information content (AvgIpc) is 2.73. The van der Waals surface area contributed by atoms with E-state index in [1.165, 1.54) is 5.56 Å². The van der Waals surface area contributed by atoms with Crippen LogP contribution >= 0.6 is 0 Å². The average molecular weight is 332 g/mol. The molecule has 0 N–H and O–H groups in total. The van der Waals surface area contributed by atoms with Gasteiger partial charge < -0.3 is 0 Å². The molecule has 2 nitrogen and oxygen atoms in total. The Morgan fingerprint density at radius 1 is 0.500 bits per heavy atom. The van der Waals surface area contributed by atoms with Gasteiger partial charge in [0.05, 0.1) is 16.7 Å². The summed E-state index contributed by atoms with van der Waals surface area (Å²) in [4.78, 5) is 9.51. The summed E-state index contributed by atoms with van der Waals surface area (Å²) in [7, 11) is 0. The molecule has 5 rings (SSSR count). The minimum atomic E-state index is 0.967. The van der Waals surface area contributed by atoms with E-state index in [9.17, 15) is 0 Å². The zero-order chi connectivity index (χ0) is 17.3. The Labute approximate surface area is 151 Å². The molecule has 0 fully saturated rings. The standard InChI is InChI=1S/C24H16N2/c1-3-7-17(8-4-1)21-14-20-13-19-11-12-22(18-9-5-2-6-10-18)26-24(19)15-23(20)25-16-21/h1-16H. The van der Waals surface area contributed by atoms with Crippen molar-refractivity contribution in [2.45, 2.75) is 0 Å². The first-order chi connectivity index (χ1) is 12.9. The van der Waals surface area contributed by atoms with Gasteiger partial charge in [0.25, 0.3) is 0 Å². The van der Waals surface area contributed by atoms with E-state index in [0.29, 0.717) is 0 Å². The van der Waals surface area contributed by atoms with Crippen LogP contribution in [0.2, 0.25) is 0 Å². The summed E-state index contributed by atoms with van der Waals surface area (Å²) in [5.74, 6) is 0. The van der Waals surface area contributed by atoms with Crippen molar-refractivity contribution in [2.24, 2.45) is 0 Å². The molecule has 0 unspecified atom stereocenters. The number of nitrogens with zero attached hydrogens (tertiary/aromatic N) is 2. The summed E-state index contributed by atoms with van der Waals surface area (Å²) in [6, 6.07) is 31.3. The van der Waals surface area contributed by atoms with E-state index in [4.69, 9.17) is 4.98 Å². The highest BCUT2D eigenvalue weighted by Crippen LogP contribution is 2.27. The van der Waals surface area contributed by atoms with E-state index in [0.717, 1.165) is 38.6 Å². The number of rotatable bonds is 2. The molecule has 122 valence electrons. The smallest absolute Gasteiger partial charge is 0.0731 e. The van der Waals surface area contributed by atoms with Crippen LogP contribution in [0.5, 0.6) is 0 Å². The van der Waals surface area contributed by atoms with Crippen LogP contribution in [0.4, 0.5) is 0 Å². The van der Waals surface area contributed by atoms with Gasteiger partial charge in [-0.1, -0.05) is 66.7 Å². The highest BCUT2D eigenvalue weighted by atomic mass is 14.7. The lowest BCUT2D eigenvalue weighted by Gasteiger charge is -2.07. The summed E-state index contributed by atoms with van der Waals surface area (Å²) in [6.45, 7) is 0. The lowest BCUT2D eigenvalue weighted by Crippen LogP contribution is -1.88. The SMILES string of the molecule is c1ccc(-c2cnc3cc4nc(-c5ccccc5)ccc4cc3c2)cc1. The predicted octanol–water partition coefficient (Wildman–Crippen LogP) is 6.12. The van der Waals surface area contributed by atoms with Gasteiger partial charge in [-0.25, -0.2) is 4.98 Å². The molecule has 0 saturated heterocycles. The molecule has 2 heteroatoms. The van der Waals surface area contributed by atoms with Crippen molar-refractivity contribution >= 4 is 21.8 Å². The van der Waals surface area contributed by atoms with Crippen LogP contribution in [-0.4, -0.2) is 9.97 Å². The molecule has 0 saturated carbocycles. The summed E-state index contributed by atoms with van der Waals surface area (Å²) >= 11 is 0. The van der Waals surface area contributed by atoms with Crippen molar-refractivity contribution in [3.63, 3.8) is 0 Å². The molecular weight excluding hydrogens is 316 g/mol. The van der Waals surface area contributed by atoms with E-state index in [2.05, 4.69) is 71.7 Å². The van der Waals surface area contributed by atoms with Gasteiger partial charge >= 0.3 is 0 Å². The molecule has 2 aromatic heterocycles. The minimum absolute atomic E-state index is 0.967. The van der Waals surface area contributed by atoms with Crippen molar-refractivity contribution in [1.29, 1.82) is 0 Å². The highest BCUT2D eigenvalue weighted by Gasteiger charge is 2.05. The van der Waals surface area contributed by atoms with E-state index >= 15 is 0 Å². The largest absolute Gasteiger partial charge is 0.256 e. The molecule has 0 aliphatic heterocycles. The second-order valence-corrected chi connectivity index (χ2v) is 6.39. The van der Waals surface area contributed by atoms with Crippen LogP contribution in [0.1, 0.15) is 0 Å². The molecule has 0 aliphatic carbocycles. The molecule has 0 atom stereocenters. The fourth-order valence-corrected chi connectivity index (χ4v) is 3.31. The third kappa shape index (κ3) is 2.62. The zero-order valence-electron chi connectivity index (χ0n) is 14.1. The molecule has 0 spiro atoms. The molecule has 26 heavy (non-hydrogen) atoms. The molecule has 0 radical (unpaired) electrons. The third-order valence-corrected chi connectivity index (χ3v) is 4.67. The van der Waals surface area contributed by atoms with Gasteiger partial charge in [0, 0.05) is 28.1 Å². The summed E-state index contributed by atoms with van der Waals surface area (Å²) in [5.41, 5.74) is 6.36. The Morgan fingerprint density at radius 2 is 1.23 bits per heavy atom. The van der Waals surface area contributed by atoms with Crippen molar-refractivity contribution in [3.8, 4) is 22.4 Å². The molecule has 0 aliphatic rings. The number of hydrogen-bond acceptors (Lipinski definition) is 2. The normalized spacial score (nSPS) is 11.1. The van der Waals surface area contributed by atoms with Crippen molar-refractivity contribution in [3.05, 3.63) is 97.2 Å². The first-order valence-corrected chi connectivity index (χ1v) is 8.68. The lowest BCUT2D eigenvalue weighted by atomic mass is 10.0. The van der Waals surface area contributed by atoms with Gasteiger partial charge in [-0.05, 0) is 29.8 Å². The second kappa shape index (κ2) is 6.08. The summed E-state index contributed by atoms with van der Waals surface area (Å²) < 4.78 is 0. The monoisotopic (exact) mass is 332 g/mol. The van der Waals surface area contributed by atoms with E-state index in [1.54, 1.807) is 0 Å². The highest BCUT2D eigenvalue weighted by molar-refractivity contribution is 5.96. The number of hydrogen-bond donors (Lipinski definition) is 0. The Morgan fingerprint density at radius 3 is 2.00 bits per heavy atom. The predicted molar refractivity (Wildman–Crippen MR) is 108 cm³/mol. The zero-order valence-corrected chi connectivity index (χ0v) is 14.1. The lowest BCUT2D eigenvalue weighted by molar-refractivity contribution is 1.38. The van der Waals surface area contributed by atoms with Gasteiger partial charge in [-0.3, -0.25) is 4.98 Å². The van der Waals surface area contributed by atoms with Crippen molar-refractivity contribution in [1.82, 2.24) is 9.97 Å². The topological polar surface area (TPSA) is 25.8 Å².